The summed E-state index contributed by atoms with van der Waals surface area (Å²) in [5, 5.41) is 0. The lowest BCUT2D eigenvalue weighted by Gasteiger charge is -2.10. The Bertz CT molecular complexity index is 1070. The van der Waals surface area contributed by atoms with Crippen molar-refractivity contribution in [3.8, 4) is 0 Å². The molecule has 3 aromatic carbocycles. The fraction of sp³-hybridized carbons (Fsp3) is 0.0476. The molecule has 3 aromatic rings. The minimum Gasteiger partial charge on any atom is -0.289 e. The van der Waals surface area contributed by atoms with Crippen LogP contribution >= 0.6 is 0 Å². The molecule has 0 aliphatic heterocycles. The van der Waals surface area contributed by atoms with Gasteiger partial charge in [0, 0.05) is 22.9 Å². The van der Waals surface area contributed by atoms with E-state index >= 15 is 0 Å². The molecule has 5 heteroatoms. The molecule has 0 bridgehead atoms. The number of nitrogens with zero attached hydrogens (tertiary/aromatic N) is 1. The lowest BCUT2D eigenvalue weighted by atomic mass is 10.0. The molecule has 0 N–H and O–H groups in total. The maximum atomic E-state index is 13.2. The Hall–Kier alpha value is -3.05. The summed E-state index contributed by atoms with van der Waals surface area (Å²) in [6.07, 6.45) is 1.38. The Labute approximate surface area is 152 Å². The molecule has 0 saturated carbocycles. The van der Waals surface area contributed by atoms with Crippen LogP contribution in [-0.4, -0.2) is 22.2 Å². The predicted octanol–water partition coefficient (Wildman–Crippen LogP) is 4.21. The molecule has 3 rings (SSSR count). The Morgan fingerprint density at radius 3 is 1.85 bits per heavy atom. The molecule has 0 aromatic heterocycles. The summed E-state index contributed by atoms with van der Waals surface area (Å²) in [7, 11) is -3.09. The highest BCUT2D eigenvalue weighted by atomic mass is 32.2. The van der Waals surface area contributed by atoms with Crippen molar-refractivity contribution < 1.29 is 13.8 Å². The first-order valence-electron chi connectivity index (χ1n) is 7.99. The van der Waals surface area contributed by atoms with Gasteiger partial charge in [-0.2, -0.15) is 4.36 Å². The molecule has 26 heavy (non-hydrogen) atoms. The minimum absolute atomic E-state index is 0.252. The van der Waals surface area contributed by atoms with Crippen molar-refractivity contribution in [2.24, 2.45) is 4.36 Å². The van der Waals surface area contributed by atoms with Gasteiger partial charge in [-0.15, -0.1) is 0 Å². The molecule has 1 unspecified atom stereocenters. The van der Waals surface area contributed by atoms with Gasteiger partial charge in [0.15, 0.2) is 5.78 Å². The van der Waals surface area contributed by atoms with Gasteiger partial charge in [0.1, 0.15) is 0 Å². The third-order valence-electron chi connectivity index (χ3n) is 3.85. The monoisotopic (exact) mass is 363 g/mol. The van der Waals surface area contributed by atoms with E-state index in [9.17, 15) is 13.8 Å². The molecule has 0 aliphatic rings. The van der Waals surface area contributed by atoms with Crippen molar-refractivity contribution >= 4 is 21.4 Å². The number of amides is 1. The molecule has 0 fully saturated rings. The van der Waals surface area contributed by atoms with Gasteiger partial charge in [0.2, 0.25) is 0 Å². The van der Waals surface area contributed by atoms with Crippen LogP contribution in [0.15, 0.2) is 94.2 Å². The first-order chi connectivity index (χ1) is 12.5. The van der Waals surface area contributed by atoms with Crippen molar-refractivity contribution in [3.05, 3.63) is 102 Å². The molecule has 0 spiro atoms. The normalized spacial score (nSPS) is 12.8. The molecule has 0 saturated heterocycles. The average molecular weight is 363 g/mol. The lowest BCUT2D eigenvalue weighted by molar-refractivity contribution is 0.100. The summed E-state index contributed by atoms with van der Waals surface area (Å²) in [6.45, 7) is 0. The van der Waals surface area contributed by atoms with E-state index < -0.39 is 15.6 Å². The van der Waals surface area contributed by atoms with Gasteiger partial charge in [-0.1, -0.05) is 60.7 Å². The fourth-order valence-corrected chi connectivity index (χ4v) is 3.99. The van der Waals surface area contributed by atoms with E-state index in [2.05, 4.69) is 4.36 Å². The summed E-state index contributed by atoms with van der Waals surface area (Å²) in [4.78, 5) is 25.4. The van der Waals surface area contributed by atoms with Gasteiger partial charge in [0.25, 0.3) is 5.91 Å². The third kappa shape index (κ3) is 3.78. The second kappa shape index (κ2) is 7.45. The van der Waals surface area contributed by atoms with Crippen molar-refractivity contribution in [1.82, 2.24) is 0 Å². The van der Waals surface area contributed by atoms with E-state index in [0.29, 0.717) is 11.1 Å². The lowest BCUT2D eigenvalue weighted by Crippen LogP contribution is -2.11. The van der Waals surface area contributed by atoms with Gasteiger partial charge in [-0.3, -0.25) is 9.59 Å². The zero-order valence-corrected chi connectivity index (χ0v) is 15.0. The average Bonchev–Trinajstić information content (AvgIpc) is 2.68. The van der Waals surface area contributed by atoms with Gasteiger partial charge in [-0.05, 0) is 24.3 Å². The van der Waals surface area contributed by atoms with E-state index in [1.54, 1.807) is 78.9 Å². The molecular weight excluding hydrogens is 346 g/mol. The fourth-order valence-electron chi connectivity index (χ4n) is 2.57. The van der Waals surface area contributed by atoms with Gasteiger partial charge in [-0.25, -0.2) is 4.21 Å². The van der Waals surface area contributed by atoms with Crippen LogP contribution in [0, 0.1) is 0 Å². The van der Waals surface area contributed by atoms with E-state index in [-0.39, 0.29) is 16.2 Å². The Morgan fingerprint density at radius 1 is 0.731 bits per heavy atom. The van der Waals surface area contributed by atoms with Crippen molar-refractivity contribution in [2.45, 2.75) is 4.90 Å². The Kier molecular flexibility index (Phi) is 5.09. The Balaban J connectivity index is 2.07. The van der Waals surface area contributed by atoms with Crippen LogP contribution in [0.2, 0.25) is 0 Å². The highest BCUT2D eigenvalue weighted by Crippen LogP contribution is 2.21. The molecule has 130 valence electrons. The topological polar surface area (TPSA) is 63.6 Å². The predicted molar refractivity (Wildman–Crippen MR) is 102 cm³/mol. The molecule has 0 heterocycles. The molecule has 1 atom stereocenters. The van der Waals surface area contributed by atoms with Crippen molar-refractivity contribution in [1.29, 1.82) is 0 Å². The maximum Gasteiger partial charge on any atom is 0.285 e. The zero-order valence-electron chi connectivity index (χ0n) is 14.2. The van der Waals surface area contributed by atoms with Crippen LogP contribution in [0.4, 0.5) is 0 Å². The number of rotatable bonds is 4. The van der Waals surface area contributed by atoms with Crippen molar-refractivity contribution in [3.63, 3.8) is 0 Å². The molecule has 4 nitrogen and oxygen atoms in total. The van der Waals surface area contributed by atoms with E-state index in [4.69, 9.17) is 0 Å². The van der Waals surface area contributed by atoms with Crippen LogP contribution in [-0.2, 0) is 9.73 Å². The van der Waals surface area contributed by atoms with E-state index in [1.807, 2.05) is 6.07 Å². The largest absolute Gasteiger partial charge is 0.289 e. The summed E-state index contributed by atoms with van der Waals surface area (Å²) in [5.74, 6) is -0.821. The van der Waals surface area contributed by atoms with Gasteiger partial charge in [0.05, 0.1) is 14.6 Å². The Morgan fingerprint density at radius 2 is 1.23 bits per heavy atom. The van der Waals surface area contributed by atoms with Crippen LogP contribution in [0.3, 0.4) is 0 Å². The van der Waals surface area contributed by atoms with Crippen LogP contribution in [0.25, 0.3) is 0 Å². The maximum absolute atomic E-state index is 13.2. The standard InChI is InChI=1S/C21H17NO3S/c1-26(25,22-21(24)17-12-6-3-7-13-17)19-15-9-8-14-18(19)20(23)16-10-4-2-5-11-16/h2-15H,1H3. The molecular formula is C21H17NO3S. The number of ketones is 1. The number of carbonyl (C=O) groups is 2. The quantitative estimate of drug-likeness (QED) is 0.652. The highest BCUT2D eigenvalue weighted by molar-refractivity contribution is 7.93. The van der Waals surface area contributed by atoms with E-state index in [1.165, 1.54) is 6.26 Å². The minimum atomic E-state index is -3.09. The highest BCUT2D eigenvalue weighted by Gasteiger charge is 2.19. The summed E-state index contributed by atoms with van der Waals surface area (Å²) in [5.41, 5.74) is 1.13. The van der Waals surface area contributed by atoms with Crippen molar-refractivity contribution in [2.75, 3.05) is 6.26 Å². The number of hydrogen-bond acceptors (Lipinski definition) is 3. The number of benzene rings is 3. The van der Waals surface area contributed by atoms with Crippen LogP contribution in [0.5, 0.6) is 0 Å². The second-order valence-electron chi connectivity index (χ2n) is 5.76. The smallest absolute Gasteiger partial charge is 0.285 e. The first kappa shape index (κ1) is 17.8. The number of hydrogen-bond donors (Lipinski definition) is 0. The molecule has 0 radical (unpaired) electrons. The number of carbonyl (C=O) groups excluding carboxylic acids is 2. The van der Waals surface area contributed by atoms with Crippen LogP contribution < -0.4 is 0 Å². The SMILES string of the molecule is CS(=O)(=NC(=O)c1ccccc1)c1ccccc1C(=O)c1ccccc1. The molecule has 1 amide bonds. The van der Waals surface area contributed by atoms with Crippen LogP contribution in [0.1, 0.15) is 26.3 Å². The summed E-state index contributed by atoms with van der Waals surface area (Å²) >= 11 is 0. The molecule has 0 aliphatic carbocycles. The summed E-state index contributed by atoms with van der Waals surface area (Å²) < 4.78 is 17.1. The first-order valence-corrected chi connectivity index (χ1v) is 9.92. The third-order valence-corrected chi connectivity index (χ3v) is 5.54. The van der Waals surface area contributed by atoms with E-state index in [0.717, 1.165) is 0 Å². The zero-order chi connectivity index (χ0) is 18.6. The second-order valence-corrected chi connectivity index (χ2v) is 7.98. The van der Waals surface area contributed by atoms with Gasteiger partial charge < -0.3 is 0 Å². The van der Waals surface area contributed by atoms with Gasteiger partial charge >= 0.3 is 0 Å². The summed E-state index contributed by atoms with van der Waals surface area (Å²) in [6, 6.07) is 23.8.